The van der Waals surface area contributed by atoms with Crippen molar-refractivity contribution in [3.05, 3.63) is 47.5 Å². The van der Waals surface area contributed by atoms with Crippen LogP contribution in [0.2, 0.25) is 0 Å². The molecular formula is C17H19FN4O3. The van der Waals surface area contributed by atoms with Crippen molar-refractivity contribution >= 4 is 17.6 Å². The molecule has 1 aliphatic rings. The molecule has 25 heavy (non-hydrogen) atoms. The molecule has 2 aromatic rings. The van der Waals surface area contributed by atoms with Gasteiger partial charge in [0.2, 0.25) is 5.91 Å². The van der Waals surface area contributed by atoms with Gasteiger partial charge in [0.25, 0.3) is 5.91 Å². The van der Waals surface area contributed by atoms with Crippen LogP contribution in [0.4, 0.5) is 10.2 Å². The van der Waals surface area contributed by atoms with E-state index in [4.69, 9.17) is 4.52 Å². The Labute approximate surface area is 144 Å². The first kappa shape index (κ1) is 17.1. The van der Waals surface area contributed by atoms with Gasteiger partial charge in [-0.25, -0.2) is 4.39 Å². The summed E-state index contributed by atoms with van der Waals surface area (Å²) in [6, 6.07) is 7.32. The molecule has 0 atom stereocenters. The molecule has 0 radical (unpaired) electrons. The minimum absolute atomic E-state index is 0.182. The average Bonchev–Trinajstić information content (AvgIpc) is 2.99. The lowest BCUT2D eigenvalue weighted by atomic mass is 10.1. The topological polar surface area (TPSA) is 78.7 Å². The zero-order valence-electron chi connectivity index (χ0n) is 13.9. The van der Waals surface area contributed by atoms with Gasteiger partial charge in [-0.15, -0.1) is 0 Å². The van der Waals surface area contributed by atoms with Crippen molar-refractivity contribution in [1.82, 2.24) is 15.0 Å². The lowest BCUT2D eigenvalue weighted by Gasteiger charge is -2.34. The second-order valence-electron chi connectivity index (χ2n) is 5.95. The summed E-state index contributed by atoms with van der Waals surface area (Å²) in [5.74, 6) is 0.214. The van der Waals surface area contributed by atoms with Crippen molar-refractivity contribution in [3.63, 3.8) is 0 Å². The molecule has 132 valence electrons. The fourth-order valence-electron chi connectivity index (χ4n) is 2.72. The number of halogens is 1. The van der Waals surface area contributed by atoms with Gasteiger partial charge in [0.15, 0.2) is 5.82 Å². The number of nitrogens with zero attached hydrogens (tertiary/aromatic N) is 3. The van der Waals surface area contributed by atoms with Crippen molar-refractivity contribution in [1.29, 1.82) is 0 Å². The fourth-order valence-corrected chi connectivity index (χ4v) is 2.72. The summed E-state index contributed by atoms with van der Waals surface area (Å²) in [7, 11) is 0. The smallest absolute Gasteiger partial charge is 0.254 e. The minimum atomic E-state index is -0.427. The van der Waals surface area contributed by atoms with Crippen LogP contribution >= 0.6 is 0 Å². The number of benzene rings is 1. The number of anilines is 1. The summed E-state index contributed by atoms with van der Waals surface area (Å²) in [5.41, 5.74) is 0.340. The van der Waals surface area contributed by atoms with Crippen molar-refractivity contribution in [2.45, 2.75) is 6.92 Å². The SMILES string of the molecule is Cc1cc(NC(=O)CN2CCN(C(=O)c3cccc(F)c3)CC2)no1. The molecule has 1 aromatic carbocycles. The van der Waals surface area contributed by atoms with E-state index in [0.717, 1.165) is 0 Å². The Hall–Kier alpha value is -2.74. The number of carbonyl (C=O) groups excluding carboxylic acids is 2. The number of carbonyl (C=O) groups is 2. The largest absolute Gasteiger partial charge is 0.360 e. The van der Waals surface area contributed by atoms with E-state index in [1.165, 1.54) is 18.2 Å². The van der Waals surface area contributed by atoms with Gasteiger partial charge >= 0.3 is 0 Å². The summed E-state index contributed by atoms with van der Waals surface area (Å²) in [4.78, 5) is 28.0. The van der Waals surface area contributed by atoms with Gasteiger partial charge in [-0.2, -0.15) is 0 Å². The van der Waals surface area contributed by atoms with Gasteiger partial charge in [0.05, 0.1) is 6.54 Å². The van der Waals surface area contributed by atoms with Crippen LogP contribution in [-0.2, 0) is 4.79 Å². The van der Waals surface area contributed by atoms with E-state index in [0.29, 0.717) is 43.3 Å². The van der Waals surface area contributed by atoms with Crippen LogP contribution in [0.3, 0.4) is 0 Å². The Morgan fingerprint density at radius 1 is 1.24 bits per heavy atom. The highest BCUT2D eigenvalue weighted by Gasteiger charge is 2.23. The fraction of sp³-hybridized carbons (Fsp3) is 0.353. The molecule has 0 bridgehead atoms. The van der Waals surface area contributed by atoms with E-state index in [9.17, 15) is 14.0 Å². The lowest BCUT2D eigenvalue weighted by Crippen LogP contribution is -2.50. The van der Waals surface area contributed by atoms with Crippen molar-refractivity contribution in [2.75, 3.05) is 38.0 Å². The monoisotopic (exact) mass is 346 g/mol. The number of nitrogens with one attached hydrogen (secondary N) is 1. The van der Waals surface area contributed by atoms with Gasteiger partial charge in [0.1, 0.15) is 11.6 Å². The highest BCUT2D eigenvalue weighted by Crippen LogP contribution is 2.11. The molecule has 0 unspecified atom stereocenters. The van der Waals surface area contributed by atoms with Crippen LogP contribution in [0.25, 0.3) is 0 Å². The average molecular weight is 346 g/mol. The van der Waals surface area contributed by atoms with E-state index in [1.54, 1.807) is 24.0 Å². The van der Waals surface area contributed by atoms with Crippen LogP contribution in [0, 0.1) is 12.7 Å². The van der Waals surface area contributed by atoms with Crippen LogP contribution in [-0.4, -0.2) is 59.5 Å². The van der Waals surface area contributed by atoms with Gasteiger partial charge in [0, 0.05) is 37.8 Å². The van der Waals surface area contributed by atoms with Crippen LogP contribution in [0.5, 0.6) is 0 Å². The van der Waals surface area contributed by atoms with E-state index < -0.39 is 5.82 Å². The number of amides is 2. The zero-order chi connectivity index (χ0) is 17.8. The highest BCUT2D eigenvalue weighted by atomic mass is 19.1. The molecule has 7 nitrogen and oxygen atoms in total. The standard InChI is InChI=1S/C17H19FN4O3/c1-12-9-15(20-25-12)19-16(23)11-21-5-7-22(8-6-21)17(24)13-3-2-4-14(18)10-13/h2-4,9-10H,5-8,11H2,1H3,(H,19,20,23). The zero-order valence-corrected chi connectivity index (χ0v) is 13.9. The Morgan fingerprint density at radius 3 is 2.64 bits per heavy atom. The van der Waals surface area contributed by atoms with Crippen LogP contribution in [0.15, 0.2) is 34.9 Å². The van der Waals surface area contributed by atoms with Crippen molar-refractivity contribution < 1.29 is 18.5 Å². The summed E-state index contributed by atoms with van der Waals surface area (Å²) in [6.45, 7) is 4.10. The van der Waals surface area contributed by atoms with Crippen LogP contribution in [0.1, 0.15) is 16.1 Å². The molecule has 3 rings (SSSR count). The van der Waals surface area contributed by atoms with Gasteiger partial charge in [-0.05, 0) is 25.1 Å². The number of piperazine rings is 1. The number of hydrogen-bond acceptors (Lipinski definition) is 5. The van der Waals surface area contributed by atoms with Gasteiger partial charge < -0.3 is 14.7 Å². The molecular weight excluding hydrogens is 327 g/mol. The normalized spacial score (nSPS) is 15.2. The predicted molar refractivity (Wildman–Crippen MR) is 88.6 cm³/mol. The van der Waals surface area contributed by atoms with Crippen molar-refractivity contribution in [3.8, 4) is 0 Å². The highest BCUT2D eigenvalue weighted by molar-refractivity contribution is 5.94. The molecule has 1 aliphatic heterocycles. The Morgan fingerprint density at radius 2 is 2.00 bits per heavy atom. The Balaban J connectivity index is 1.48. The third kappa shape index (κ3) is 4.42. The molecule has 1 N–H and O–H groups in total. The molecule has 0 saturated carbocycles. The summed E-state index contributed by atoms with van der Waals surface area (Å²) in [5, 5.41) is 6.38. The quantitative estimate of drug-likeness (QED) is 0.908. The third-order valence-electron chi connectivity index (χ3n) is 3.99. The molecule has 0 aliphatic carbocycles. The van der Waals surface area contributed by atoms with Gasteiger partial charge in [-0.3, -0.25) is 14.5 Å². The second kappa shape index (κ2) is 7.43. The molecule has 1 fully saturated rings. The molecule has 1 aromatic heterocycles. The maximum absolute atomic E-state index is 13.2. The van der Waals surface area contributed by atoms with E-state index >= 15 is 0 Å². The van der Waals surface area contributed by atoms with E-state index in [-0.39, 0.29) is 18.4 Å². The number of rotatable bonds is 4. The molecule has 1 saturated heterocycles. The van der Waals surface area contributed by atoms with E-state index in [2.05, 4.69) is 10.5 Å². The Bertz CT molecular complexity index is 769. The summed E-state index contributed by atoms with van der Waals surface area (Å²) in [6.07, 6.45) is 0. The number of aryl methyl sites for hydroxylation is 1. The summed E-state index contributed by atoms with van der Waals surface area (Å²) >= 11 is 0. The predicted octanol–water partition coefficient (Wildman–Crippen LogP) is 1.52. The second-order valence-corrected chi connectivity index (χ2v) is 5.95. The van der Waals surface area contributed by atoms with Crippen LogP contribution < -0.4 is 5.32 Å². The maximum Gasteiger partial charge on any atom is 0.254 e. The molecule has 8 heteroatoms. The van der Waals surface area contributed by atoms with E-state index in [1.807, 2.05) is 4.90 Å². The Kier molecular flexibility index (Phi) is 5.08. The first-order valence-electron chi connectivity index (χ1n) is 8.01. The third-order valence-corrected chi connectivity index (χ3v) is 3.99. The van der Waals surface area contributed by atoms with Gasteiger partial charge in [-0.1, -0.05) is 11.2 Å². The minimum Gasteiger partial charge on any atom is -0.360 e. The first-order valence-corrected chi connectivity index (χ1v) is 8.01. The number of aromatic nitrogens is 1. The van der Waals surface area contributed by atoms with Crippen molar-refractivity contribution in [2.24, 2.45) is 0 Å². The molecule has 2 amide bonds. The first-order chi connectivity index (χ1) is 12.0. The molecule has 0 spiro atoms. The molecule has 2 heterocycles. The lowest BCUT2D eigenvalue weighted by molar-refractivity contribution is -0.117. The number of hydrogen-bond donors (Lipinski definition) is 1. The maximum atomic E-state index is 13.2. The summed E-state index contributed by atoms with van der Waals surface area (Å²) < 4.78 is 18.1.